The Kier molecular flexibility index (Phi) is 10.4. The van der Waals surface area contributed by atoms with Crippen molar-refractivity contribution >= 4 is 21.8 Å². The largest absolute Gasteiger partial charge is 2.00 e. The number of methoxy groups -OCH3 is 1. The van der Waals surface area contributed by atoms with Crippen molar-refractivity contribution < 1.29 is 30.5 Å². The van der Waals surface area contributed by atoms with Gasteiger partial charge in [0.1, 0.15) is 11.6 Å². The summed E-state index contributed by atoms with van der Waals surface area (Å²) in [4.78, 5) is 4.73. The van der Waals surface area contributed by atoms with Crippen molar-refractivity contribution in [1.82, 2.24) is 19.3 Å². The summed E-state index contributed by atoms with van der Waals surface area (Å²) in [5, 5.41) is 7.14. The molecule has 0 atom stereocenters. The van der Waals surface area contributed by atoms with Crippen LogP contribution >= 0.6 is 0 Å². The van der Waals surface area contributed by atoms with Crippen molar-refractivity contribution in [2.75, 3.05) is 7.11 Å². The fraction of sp³-hybridized carbons (Fsp3) is 0.238. The van der Waals surface area contributed by atoms with Gasteiger partial charge in [0, 0.05) is 40.5 Å². The number of aromatic nitrogens is 4. The van der Waals surface area contributed by atoms with Crippen LogP contribution in [-0.4, -0.2) is 26.4 Å². The van der Waals surface area contributed by atoms with Crippen LogP contribution in [-0.2, 0) is 27.5 Å². The van der Waals surface area contributed by atoms with E-state index < -0.39 is 0 Å². The molecule has 0 amide bonds. The molecule has 49 heavy (non-hydrogen) atoms. The Morgan fingerprint density at radius 2 is 1.63 bits per heavy atom. The zero-order chi connectivity index (χ0) is 33.2. The summed E-state index contributed by atoms with van der Waals surface area (Å²) in [5.74, 6) is 3.42. The van der Waals surface area contributed by atoms with E-state index in [4.69, 9.17) is 19.6 Å². The predicted octanol–water partition coefficient (Wildman–Crippen LogP) is 10.4. The molecule has 7 rings (SSSR count). The van der Waals surface area contributed by atoms with Crippen LogP contribution < -0.4 is 9.47 Å². The van der Waals surface area contributed by atoms with Crippen molar-refractivity contribution in [3.05, 3.63) is 126 Å². The topological polar surface area (TPSA) is 54.1 Å². The van der Waals surface area contributed by atoms with Crippen LogP contribution in [0.3, 0.4) is 0 Å². The summed E-state index contributed by atoms with van der Waals surface area (Å²) in [7, 11) is 1.67. The van der Waals surface area contributed by atoms with Gasteiger partial charge in [-0.2, -0.15) is 17.2 Å². The third-order valence-electron chi connectivity index (χ3n) is 8.95. The normalized spacial score (nSPS) is 11.3. The maximum atomic E-state index is 6.44. The Bertz CT molecular complexity index is 2220. The number of unbranched alkanes of at least 4 members (excludes halogenated alkanes) is 1. The number of pyridine rings is 1. The van der Waals surface area contributed by atoms with Gasteiger partial charge in [-0.1, -0.05) is 74.7 Å². The molecule has 0 aliphatic rings. The molecule has 0 radical (unpaired) electrons. The number of nitrogens with zero attached hydrogens (tertiary/aromatic N) is 4. The minimum Gasteiger partial charge on any atom is -0.509 e. The molecule has 0 fully saturated rings. The molecule has 3 heterocycles. The quantitative estimate of drug-likeness (QED) is 0.0963. The van der Waals surface area contributed by atoms with Crippen LogP contribution in [0.25, 0.3) is 44.4 Å². The van der Waals surface area contributed by atoms with Gasteiger partial charge in [0.25, 0.3) is 0 Å². The molecule has 0 N–H and O–H groups in total. The maximum absolute atomic E-state index is 6.44. The molecule has 0 saturated carbocycles. The molecule has 4 aromatic carbocycles. The monoisotopic (exact) mass is 827 g/mol. The summed E-state index contributed by atoms with van der Waals surface area (Å²) in [6.07, 6.45) is 6.52. The summed E-state index contributed by atoms with van der Waals surface area (Å²) in [5.41, 5.74) is 8.41. The average Bonchev–Trinajstić information content (AvgIpc) is 3.59. The van der Waals surface area contributed by atoms with E-state index in [9.17, 15) is 0 Å². The molecular weight excluding hydrogens is 788 g/mol. The zero-order valence-electron chi connectivity index (χ0n) is 28.6. The van der Waals surface area contributed by atoms with E-state index in [1.807, 2.05) is 54.1 Å². The van der Waals surface area contributed by atoms with Crippen LogP contribution in [0, 0.1) is 31.9 Å². The molecule has 0 aliphatic heterocycles. The van der Waals surface area contributed by atoms with Gasteiger partial charge in [-0.3, -0.25) is 4.68 Å². The van der Waals surface area contributed by atoms with Gasteiger partial charge in [0.15, 0.2) is 0 Å². The second kappa shape index (κ2) is 14.8. The number of rotatable bonds is 11. The van der Waals surface area contributed by atoms with E-state index in [1.165, 1.54) is 30.2 Å². The van der Waals surface area contributed by atoms with Crippen LogP contribution in [0.5, 0.6) is 17.2 Å². The summed E-state index contributed by atoms with van der Waals surface area (Å²) in [6, 6.07) is 38.0. The fourth-order valence-electron chi connectivity index (χ4n) is 6.59. The molecule has 0 bridgehead atoms. The summed E-state index contributed by atoms with van der Waals surface area (Å²) < 4.78 is 16.1. The number of fused-ring (bicyclic) bond motifs is 3. The fourth-order valence-corrected chi connectivity index (χ4v) is 6.59. The van der Waals surface area contributed by atoms with Crippen molar-refractivity contribution in [3.63, 3.8) is 0 Å². The Hall–Kier alpha value is -4.67. The van der Waals surface area contributed by atoms with E-state index in [1.54, 1.807) is 13.3 Å². The minimum absolute atomic E-state index is 0. The first-order valence-electron chi connectivity index (χ1n) is 16.7. The molecule has 0 saturated heterocycles. The Morgan fingerprint density at radius 3 is 2.43 bits per heavy atom. The van der Waals surface area contributed by atoms with E-state index >= 15 is 0 Å². The average molecular weight is 828 g/mol. The Labute approximate surface area is 303 Å². The molecule has 0 unspecified atom stereocenters. The molecule has 3 aromatic heterocycles. The second-order valence-corrected chi connectivity index (χ2v) is 12.8. The van der Waals surface area contributed by atoms with E-state index in [0.29, 0.717) is 11.5 Å². The molecule has 7 aromatic rings. The SMILES string of the molecule is COc1ccnc(-n2c3[c-]c(Oc4[c-]c(-n5nc(C)c(-c6ccccc6)c5C)ccc4)ccc3c3cc(CCCCC(C)C)ccc32)c1.[Pt+2]. The Balaban J connectivity index is 0.00000417. The van der Waals surface area contributed by atoms with Gasteiger partial charge >= 0.3 is 21.1 Å². The standard InChI is InChI=1S/C42H40N4O2.Pt/c1-28(2)12-9-10-13-31-18-21-39-38(24-31)37-20-19-36(26-40(37)45(39)41-27-34(47-5)22-23-43-41)48-35-17-11-16-33(25-35)46-30(4)42(29(3)44-46)32-14-7-6-8-15-32;/h6-8,11,14-24,27-28H,9-10,12-13H2,1-5H3;/q-2;+2. The van der Waals surface area contributed by atoms with Gasteiger partial charge in [0.2, 0.25) is 0 Å². The first-order chi connectivity index (χ1) is 23.4. The second-order valence-electron chi connectivity index (χ2n) is 12.8. The van der Waals surface area contributed by atoms with Crippen molar-refractivity contribution in [2.24, 2.45) is 5.92 Å². The van der Waals surface area contributed by atoms with Crippen LogP contribution in [0.4, 0.5) is 0 Å². The zero-order valence-corrected chi connectivity index (χ0v) is 30.8. The number of hydrogen-bond acceptors (Lipinski definition) is 4. The summed E-state index contributed by atoms with van der Waals surface area (Å²) in [6.45, 7) is 8.72. The van der Waals surface area contributed by atoms with Gasteiger partial charge in [-0.15, -0.1) is 35.7 Å². The Morgan fingerprint density at radius 1 is 0.816 bits per heavy atom. The number of ether oxygens (including phenoxy) is 2. The van der Waals surface area contributed by atoms with E-state index in [-0.39, 0.29) is 21.1 Å². The van der Waals surface area contributed by atoms with Gasteiger partial charge in [0.05, 0.1) is 12.8 Å². The predicted molar refractivity (Wildman–Crippen MR) is 194 cm³/mol. The number of benzene rings is 4. The first-order valence-corrected chi connectivity index (χ1v) is 16.7. The van der Waals surface area contributed by atoms with Crippen molar-refractivity contribution in [2.45, 2.75) is 53.4 Å². The molecular formula is C42H40N4O2Pt. The third-order valence-corrected chi connectivity index (χ3v) is 8.95. The van der Waals surface area contributed by atoms with Crippen LogP contribution in [0.15, 0.2) is 97.2 Å². The summed E-state index contributed by atoms with van der Waals surface area (Å²) >= 11 is 0. The molecule has 0 aliphatic carbocycles. The molecule has 7 heteroatoms. The molecule has 250 valence electrons. The van der Waals surface area contributed by atoms with Crippen LogP contribution in [0.1, 0.15) is 50.1 Å². The van der Waals surface area contributed by atoms with E-state index in [2.05, 4.69) is 86.0 Å². The number of hydrogen-bond donors (Lipinski definition) is 0. The van der Waals surface area contributed by atoms with Gasteiger partial charge in [-0.25, -0.2) is 4.98 Å². The third kappa shape index (κ3) is 7.07. The number of aryl methyl sites for hydroxylation is 2. The van der Waals surface area contributed by atoms with Crippen molar-refractivity contribution in [3.8, 4) is 39.9 Å². The van der Waals surface area contributed by atoms with Crippen LogP contribution in [0.2, 0.25) is 0 Å². The van der Waals surface area contributed by atoms with Crippen molar-refractivity contribution in [1.29, 1.82) is 0 Å². The smallest absolute Gasteiger partial charge is 0.509 e. The molecule has 0 spiro atoms. The minimum atomic E-state index is 0. The van der Waals surface area contributed by atoms with Gasteiger partial charge in [-0.05, 0) is 66.9 Å². The first kappa shape index (κ1) is 34.2. The maximum Gasteiger partial charge on any atom is 2.00 e. The van der Waals surface area contributed by atoms with Gasteiger partial charge < -0.3 is 14.0 Å². The molecule has 6 nitrogen and oxygen atoms in total. The van der Waals surface area contributed by atoms with E-state index in [0.717, 1.165) is 68.5 Å².